The first-order valence-corrected chi connectivity index (χ1v) is 12.9. The Hall–Kier alpha value is -1.34. The smallest absolute Gasteiger partial charge is 0.230 e. The molecule has 0 saturated heterocycles. The van der Waals surface area contributed by atoms with Crippen molar-refractivity contribution in [3.63, 3.8) is 0 Å². The molecular formula is C22H28N4OS2. The fourth-order valence-electron chi connectivity index (χ4n) is 6.52. The molecule has 2 aromatic rings. The van der Waals surface area contributed by atoms with Crippen LogP contribution < -0.4 is 5.32 Å². The number of rotatable bonds is 7. The van der Waals surface area contributed by atoms with E-state index >= 15 is 0 Å². The van der Waals surface area contributed by atoms with Crippen LogP contribution in [0.4, 0.5) is 0 Å². The summed E-state index contributed by atoms with van der Waals surface area (Å²) in [5.74, 6) is 4.23. The third-order valence-electron chi connectivity index (χ3n) is 7.33. The van der Waals surface area contributed by atoms with Gasteiger partial charge in [-0.3, -0.25) is 4.79 Å². The highest BCUT2D eigenvalue weighted by molar-refractivity contribution is 7.99. The Bertz CT molecular complexity index is 867. The van der Waals surface area contributed by atoms with Crippen molar-refractivity contribution in [2.24, 2.45) is 17.8 Å². The summed E-state index contributed by atoms with van der Waals surface area (Å²) in [4.78, 5) is 14.2. The first-order valence-electron chi connectivity index (χ1n) is 11.1. The van der Waals surface area contributed by atoms with E-state index < -0.39 is 0 Å². The van der Waals surface area contributed by atoms with E-state index in [9.17, 15) is 4.79 Å². The van der Waals surface area contributed by atoms with Gasteiger partial charge in [0.05, 0.1) is 5.75 Å². The summed E-state index contributed by atoms with van der Waals surface area (Å²) in [7, 11) is 0. The Kier molecular flexibility index (Phi) is 4.52. The predicted molar refractivity (Wildman–Crippen MR) is 115 cm³/mol. The van der Waals surface area contributed by atoms with Gasteiger partial charge in [0.15, 0.2) is 5.16 Å². The Morgan fingerprint density at radius 2 is 1.90 bits per heavy atom. The van der Waals surface area contributed by atoms with Gasteiger partial charge in [-0.05, 0) is 80.6 Å². The highest BCUT2D eigenvalue weighted by Gasteiger charge is 2.51. The molecule has 7 rings (SSSR count). The molecule has 7 heteroatoms. The highest BCUT2D eigenvalue weighted by atomic mass is 32.2. The van der Waals surface area contributed by atoms with E-state index in [0.717, 1.165) is 35.2 Å². The number of thiophene rings is 1. The number of nitrogens with zero attached hydrogens (tertiary/aromatic N) is 3. The van der Waals surface area contributed by atoms with Crippen LogP contribution in [0.1, 0.15) is 68.1 Å². The standard InChI is InChI=1S/C22H28N4OS2/c27-20(23-22-10-14-6-15(11-22)8-16(7-14)12-22)13-29-21-25-24-19(26(21)17-3-4-17)9-18-2-1-5-28-18/h1-2,5,14-17H,3-4,6-13H2,(H,23,27). The second-order valence-electron chi connectivity index (χ2n) is 9.79. The molecule has 2 heterocycles. The quantitative estimate of drug-likeness (QED) is 0.662. The molecule has 0 aromatic carbocycles. The van der Waals surface area contributed by atoms with Gasteiger partial charge in [-0.2, -0.15) is 0 Å². The first-order chi connectivity index (χ1) is 14.2. The maximum absolute atomic E-state index is 12.9. The van der Waals surface area contributed by atoms with Crippen LogP contribution in [0.5, 0.6) is 0 Å². The number of amides is 1. The molecule has 5 saturated carbocycles. The summed E-state index contributed by atoms with van der Waals surface area (Å²) in [6.45, 7) is 0. The van der Waals surface area contributed by atoms with Gasteiger partial charge in [0.25, 0.3) is 0 Å². The fraction of sp³-hybridized carbons (Fsp3) is 0.682. The highest BCUT2D eigenvalue weighted by Crippen LogP contribution is 2.55. The summed E-state index contributed by atoms with van der Waals surface area (Å²) in [6.07, 6.45) is 11.1. The molecule has 4 bridgehead atoms. The largest absolute Gasteiger partial charge is 0.350 e. The van der Waals surface area contributed by atoms with E-state index in [1.165, 1.54) is 56.2 Å². The van der Waals surface area contributed by atoms with Crippen LogP contribution in [0.2, 0.25) is 0 Å². The summed E-state index contributed by atoms with van der Waals surface area (Å²) in [6, 6.07) is 4.76. The fourth-order valence-corrected chi connectivity index (χ4v) is 8.05. The lowest BCUT2D eigenvalue weighted by molar-refractivity contribution is -0.124. The van der Waals surface area contributed by atoms with Gasteiger partial charge in [0, 0.05) is 22.9 Å². The molecular weight excluding hydrogens is 400 g/mol. The third kappa shape index (κ3) is 3.65. The Balaban J connectivity index is 1.12. The number of hydrogen-bond donors (Lipinski definition) is 1. The zero-order valence-corrected chi connectivity index (χ0v) is 18.3. The van der Waals surface area contributed by atoms with E-state index in [2.05, 4.69) is 37.6 Å². The molecule has 2 aromatic heterocycles. The van der Waals surface area contributed by atoms with Crippen molar-refractivity contribution in [3.05, 3.63) is 28.2 Å². The lowest BCUT2D eigenvalue weighted by Crippen LogP contribution is -2.60. The van der Waals surface area contributed by atoms with E-state index in [4.69, 9.17) is 0 Å². The van der Waals surface area contributed by atoms with Crippen molar-refractivity contribution in [2.75, 3.05) is 5.75 Å². The molecule has 154 valence electrons. The minimum Gasteiger partial charge on any atom is -0.350 e. The number of thioether (sulfide) groups is 1. The molecule has 5 aliphatic rings. The van der Waals surface area contributed by atoms with Crippen LogP contribution in [0.25, 0.3) is 0 Å². The van der Waals surface area contributed by atoms with E-state index in [0.29, 0.717) is 11.8 Å². The number of hydrogen-bond acceptors (Lipinski definition) is 5. The minimum atomic E-state index is 0.0981. The number of nitrogens with one attached hydrogen (secondary N) is 1. The van der Waals surface area contributed by atoms with Crippen LogP contribution in [-0.4, -0.2) is 32.0 Å². The summed E-state index contributed by atoms with van der Waals surface area (Å²) < 4.78 is 2.29. The first kappa shape index (κ1) is 18.4. The Labute approximate surface area is 180 Å². The predicted octanol–water partition coefficient (Wildman–Crippen LogP) is 4.44. The van der Waals surface area contributed by atoms with Gasteiger partial charge in [0.2, 0.25) is 5.91 Å². The minimum absolute atomic E-state index is 0.0981. The number of carbonyl (C=O) groups is 1. The molecule has 5 nitrogen and oxygen atoms in total. The normalized spacial score (nSPS) is 32.6. The molecule has 0 radical (unpaired) electrons. The molecule has 29 heavy (non-hydrogen) atoms. The van der Waals surface area contributed by atoms with Crippen molar-refractivity contribution >= 4 is 29.0 Å². The average molecular weight is 429 g/mol. The molecule has 1 amide bonds. The van der Waals surface area contributed by atoms with Gasteiger partial charge in [0.1, 0.15) is 5.82 Å². The second-order valence-corrected chi connectivity index (χ2v) is 11.8. The third-order valence-corrected chi connectivity index (χ3v) is 9.15. The molecule has 0 atom stereocenters. The molecule has 1 N–H and O–H groups in total. The van der Waals surface area contributed by atoms with E-state index in [1.807, 2.05) is 0 Å². The van der Waals surface area contributed by atoms with E-state index in [-0.39, 0.29) is 11.4 Å². The van der Waals surface area contributed by atoms with E-state index in [1.54, 1.807) is 23.1 Å². The van der Waals surface area contributed by atoms with Crippen LogP contribution in [-0.2, 0) is 11.2 Å². The van der Waals surface area contributed by atoms with Crippen LogP contribution in [0, 0.1) is 17.8 Å². The van der Waals surface area contributed by atoms with Crippen molar-refractivity contribution in [2.45, 2.75) is 74.5 Å². The summed E-state index contributed by atoms with van der Waals surface area (Å²) in [5, 5.41) is 15.4. The van der Waals surface area contributed by atoms with Gasteiger partial charge in [-0.15, -0.1) is 21.5 Å². The SMILES string of the molecule is O=C(CSc1nnc(Cc2cccs2)n1C1CC1)NC12CC3CC(CC(C3)C1)C2. The van der Waals surface area contributed by atoms with Crippen LogP contribution in [0.15, 0.2) is 22.7 Å². The second kappa shape index (κ2) is 7.12. The van der Waals surface area contributed by atoms with Gasteiger partial charge < -0.3 is 9.88 Å². The van der Waals surface area contributed by atoms with Crippen molar-refractivity contribution in [3.8, 4) is 0 Å². The zero-order chi connectivity index (χ0) is 19.4. The Morgan fingerprint density at radius 1 is 1.17 bits per heavy atom. The van der Waals surface area contributed by atoms with Gasteiger partial charge >= 0.3 is 0 Å². The number of aromatic nitrogens is 3. The van der Waals surface area contributed by atoms with Gasteiger partial charge in [-0.25, -0.2) is 0 Å². The van der Waals surface area contributed by atoms with Gasteiger partial charge in [-0.1, -0.05) is 17.8 Å². The zero-order valence-electron chi connectivity index (χ0n) is 16.7. The summed E-state index contributed by atoms with van der Waals surface area (Å²) >= 11 is 3.33. The maximum atomic E-state index is 12.9. The Morgan fingerprint density at radius 3 is 2.52 bits per heavy atom. The lowest BCUT2D eigenvalue weighted by atomic mass is 9.53. The molecule has 0 spiro atoms. The number of carbonyl (C=O) groups excluding carboxylic acids is 1. The van der Waals surface area contributed by atoms with Crippen LogP contribution >= 0.6 is 23.1 Å². The van der Waals surface area contributed by atoms with Crippen molar-refractivity contribution in [1.29, 1.82) is 0 Å². The van der Waals surface area contributed by atoms with Crippen molar-refractivity contribution < 1.29 is 4.79 Å². The van der Waals surface area contributed by atoms with Crippen molar-refractivity contribution in [1.82, 2.24) is 20.1 Å². The molecule has 5 aliphatic carbocycles. The average Bonchev–Trinajstić information content (AvgIpc) is 3.21. The molecule has 0 unspecified atom stereocenters. The molecule has 0 aliphatic heterocycles. The summed E-state index contributed by atoms with van der Waals surface area (Å²) in [5.41, 5.74) is 0.0981. The monoisotopic (exact) mass is 428 g/mol. The molecule has 5 fully saturated rings. The lowest BCUT2D eigenvalue weighted by Gasteiger charge is -2.56. The van der Waals surface area contributed by atoms with Crippen LogP contribution in [0.3, 0.4) is 0 Å². The topological polar surface area (TPSA) is 59.8 Å². The maximum Gasteiger partial charge on any atom is 0.230 e.